The molecular weight excluding hydrogens is 267 g/mol. The molecule has 1 aromatic rings. The Morgan fingerprint density at radius 1 is 1.24 bits per heavy atom. The van der Waals surface area contributed by atoms with E-state index < -0.39 is 0 Å². The number of halogens is 1. The molecule has 2 heterocycles. The van der Waals surface area contributed by atoms with Crippen LogP contribution < -0.4 is 5.32 Å². The highest BCUT2D eigenvalue weighted by molar-refractivity contribution is 6.01. The summed E-state index contributed by atoms with van der Waals surface area (Å²) in [6, 6.07) is 6.54. The molecule has 0 saturated carbocycles. The van der Waals surface area contributed by atoms with E-state index in [0.717, 1.165) is 37.1 Å². The van der Waals surface area contributed by atoms with Crippen molar-refractivity contribution in [1.29, 1.82) is 0 Å². The van der Waals surface area contributed by atoms with Crippen LogP contribution in [0.1, 0.15) is 18.4 Å². The first-order valence-corrected chi connectivity index (χ1v) is 7.18. The Kier molecular flexibility index (Phi) is 3.41. The number of likely N-dealkylation sites (tertiary alicyclic amines) is 1. The molecule has 0 unspecified atom stereocenters. The smallest absolute Gasteiger partial charge is 0.252 e. The molecule has 4 heteroatoms. The summed E-state index contributed by atoms with van der Waals surface area (Å²) in [6.07, 6.45) is 3.54. The fourth-order valence-electron chi connectivity index (χ4n) is 3.33. The predicted octanol–water partition coefficient (Wildman–Crippen LogP) is 2.36. The summed E-state index contributed by atoms with van der Waals surface area (Å²) >= 11 is 0. The second kappa shape index (κ2) is 5.11. The van der Waals surface area contributed by atoms with Crippen LogP contribution in [-0.2, 0) is 10.2 Å². The topological polar surface area (TPSA) is 32.3 Å². The number of nitrogens with zero attached hydrogens (tertiary/aromatic N) is 1. The summed E-state index contributed by atoms with van der Waals surface area (Å²) in [5.41, 5.74) is 2.06. The Morgan fingerprint density at radius 2 is 1.86 bits per heavy atom. The van der Waals surface area contributed by atoms with E-state index >= 15 is 0 Å². The van der Waals surface area contributed by atoms with Crippen LogP contribution in [0.4, 0.5) is 4.39 Å². The molecule has 110 valence electrons. The largest absolute Gasteiger partial charge is 0.323 e. The van der Waals surface area contributed by atoms with Gasteiger partial charge in [0.05, 0.1) is 0 Å². The van der Waals surface area contributed by atoms with Crippen LogP contribution in [0.5, 0.6) is 0 Å². The number of rotatable bonds is 2. The maximum absolute atomic E-state index is 13.2. The molecule has 0 bridgehead atoms. The van der Waals surface area contributed by atoms with Gasteiger partial charge >= 0.3 is 0 Å². The summed E-state index contributed by atoms with van der Waals surface area (Å²) in [7, 11) is 2.08. The van der Waals surface area contributed by atoms with E-state index in [4.69, 9.17) is 0 Å². The van der Waals surface area contributed by atoms with E-state index in [2.05, 4.69) is 23.8 Å². The van der Waals surface area contributed by atoms with Gasteiger partial charge < -0.3 is 10.2 Å². The van der Waals surface area contributed by atoms with Crippen molar-refractivity contribution in [3.8, 4) is 0 Å². The maximum Gasteiger partial charge on any atom is 0.252 e. The van der Waals surface area contributed by atoms with E-state index in [1.54, 1.807) is 12.1 Å². The number of nitrogens with one attached hydrogen (secondary N) is 1. The van der Waals surface area contributed by atoms with Crippen molar-refractivity contribution in [2.45, 2.75) is 18.3 Å². The van der Waals surface area contributed by atoms with Gasteiger partial charge in [-0.05, 0) is 56.8 Å². The summed E-state index contributed by atoms with van der Waals surface area (Å²) in [5, 5.41) is 2.77. The van der Waals surface area contributed by atoms with E-state index in [9.17, 15) is 9.18 Å². The van der Waals surface area contributed by atoms with Crippen molar-refractivity contribution in [1.82, 2.24) is 10.2 Å². The van der Waals surface area contributed by atoms with Crippen LogP contribution in [0.25, 0.3) is 0 Å². The minimum atomic E-state index is -0.344. The fraction of sp³-hybridized carbons (Fsp3) is 0.353. The number of hydrogen-bond donors (Lipinski definition) is 1. The lowest BCUT2D eigenvalue weighted by atomic mass is 9.67. The quantitative estimate of drug-likeness (QED) is 0.905. The van der Waals surface area contributed by atoms with E-state index in [0.29, 0.717) is 5.70 Å². The first kappa shape index (κ1) is 14.0. The molecule has 3 nitrogen and oxygen atoms in total. The number of piperidine rings is 1. The number of carbonyl (C=O) groups is 1. The Morgan fingerprint density at radius 3 is 2.38 bits per heavy atom. The molecule has 1 saturated heterocycles. The average Bonchev–Trinajstić information content (AvgIpc) is 2.80. The monoisotopic (exact) mass is 286 g/mol. The molecule has 2 aliphatic heterocycles. The molecule has 0 aromatic heterocycles. The van der Waals surface area contributed by atoms with E-state index in [-0.39, 0.29) is 17.1 Å². The molecule has 0 atom stereocenters. The minimum absolute atomic E-state index is 0.0751. The zero-order chi connectivity index (χ0) is 15.0. The third-order valence-corrected chi connectivity index (χ3v) is 4.59. The second-order valence-corrected chi connectivity index (χ2v) is 5.93. The molecule has 1 aromatic carbocycles. The lowest BCUT2D eigenvalue weighted by molar-refractivity contribution is -0.117. The molecular formula is C17H19FN2O. The Bertz CT molecular complexity index is 610. The normalized spacial score (nSPS) is 22.1. The molecule has 0 spiro atoms. The van der Waals surface area contributed by atoms with Crippen LogP contribution in [-0.4, -0.2) is 30.9 Å². The number of amides is 1. The Balaban J connectivity index is 2.07. The van der Waals surface area contributed by atoms with Gasteiger partial charge in [0.15, 0.2) is 0 Å². The zero-order valence-corrected chi connectivity index (χ0v) is 12.2. The van der Waals surface area contributed by atoms with Gasteiger partial charge in [0.1, 0.15) is 5.82 Å². The Labute approximate surface area is 124 Å². The van der Waals surface area contributed by atoms with Crippen molar-refractivity contribution in [2.24, 2.45) is 0 Å². The fourth-order valence-corrected chi connectivity index (χ4v) is 3.33. The first-order chi connectivity index (χ1) is 10.0. The summed E-state index contributed by atoms with van der Waals surface area (Å²) in [5.74, 6) is -0.329. The maximum atomic E-state index is 13.2. The third-order valence-electron chi connectivity index (χ3n) is 4.59. The molecule has 1 fully saturated rings. The molecule has 0 aliphatic carbocycles. The first-order valence-electron chi connectivity index (χ1n) is 7.18. The van der Waals surface area contributed by atoms with Crippen LogP contribution >= 0.6 is 0 Å². The van der Waals surface area contributed by atoms with Gasteiger partial charge in [0.2, 0.25) is 0 Å². The highest BCUT2D eigenvalue weighted by atomic mass is 19.1. The summed E-state index contributed by atoms with van der Waals surface area (Å²) in [6.45, 7) is 5.65. The molecule has 3 rings (SSSR count). The minimum Gasteiger partial charge on any atom is -0.323 e. The van der Waals surface area contributed by atoms with Gasteiger partial charge in [0, 0.05) is 16.7 Å². The molecule has 21 heavy (non-hydrogen) atoms. The van der Waals surface area contributed by atoms with E-state index in [1.165, 1.54) is 12.1 Å². The number of benzene rings is 1. The molecule has 1 amide bonds. The molecule has 2 aliphatic rings. The standard InChI is InChI=1S/C17H19FN2O/c1-12-11-15(16(21)19-12)17(7-9-20(2)10-8-17)13-3-5-14(18)6-4-13/h3-6,11H,1,7-10H2,2H3,(H,19,21). The highest BCUT2D eigenvalue weighted by Crippen LogP contribution is 2.43. The lowest BCUT2D eigenvalue weighted by Crippen LogP contribution is -2.44. The van der Waals surface area contributed by atoms with Gasteiger partial charge in [-0.1, -0.05) is 18.7 Å². The lowest BCUT2D eigenvalue weighted by Gasteiger charge is -2.41. The number of allylic oxidation sites excluding steroid dienone is 1. The van der Waals surface area contributed by atoms with Gasteiger partial charge in [-0.2, -0.15) is 0 Å². The van der Waals surface area contributed by atoms with Crippen LogP contribution in [0.15, 0.2) is 48.2 Å². The van der Waals surface area contributed by atoms with Crippen LogP contribution in [0.2, 0.25) is 0 Å². The zero-order valence-electron chi connectivity index (χ0n) is 12.2. The average molecular weight is 286 g/mol. The second-order valence-electron chi connectivity index (χ2n) is 5.93. The van der Waals surface area contributed by atoms with Crippen molar-refractivity contribution in [2.75, 3.05) is 20.1 Å². The Hall–Kier alpha value is -1.94. The van der Waals surface area contributed by atoms with Crippen molar-refractivity contribution in [3.05, 3.63) is 59.6 Å². The number of carbonyl (C=O) groups excluding carboxylic acids is 1. The van der Waals surface area contributed by atoms with Crippen LogP contribution in [0, 0.1) is 5.82 Å². The van der Waals surface area contributed by atoms with Crippen LogP contribution in [0.3, 0.4) is 0 Å². The van der Waals surface area contributed by atoms with Crippen molar-refractivity contribution >= 4 is 5.91 Å². The number of hydrogen-bond acceptors (Lipinski definition) is 2. The van der Waals surface area contributed by atoms with Crippen molar-refractivity contribution in [3.63, 3.8) is 0 Å². The van der Waals surface area contributed by atoms with Gasteiger partial charge in [0.25, 0.3) is 5.91 Å². The third kappa shape index (κ3) is 2.40. The predicted molar refractivity (Wildman–Crippen MR) is 80.2 cm³/mol. The van der Waals surface area contributed by atoms with Crippen molar-refractivity contribution < 1.29 is 9.18 Å². The van der Waals surface area contributed by atoms with Gasteiger partial charge in [-0.3, -0.25) is 4.79 Å². The molecule has 0 radical (unpaired) electrons. The summed E-state index contributed by atoms with van der Waals surface area (Å²) in [4.78, 5) is 14.5. The highest BCUT2D eigenvalue weighted by Gasteiger charge is 2.43. The molecule has 1 N–H and O–H groups in total. The van der Waals surface area contributed by atoms with Gasteiger partial charge in [-0.15, -0.1) is 0 Å². The summed E-state index contributed by atoms with van der Waals surface area (Å²) < 4.78 is 13.2. The van der Waals surface area contributed by atoms with Gasteiger partial charge in [-0.25, -0.2) is 4.39 Å². The van der Waals surface area contributed by atoms with E-state index in [1.807, 2.05) is 6.08 Å². The SMILES string of the molecule is C=C1C=C(C2(c3ccc(F)cc3)CCN(C)CC2)C(=O)N1.